The van der Waals surface area contributed by atoms with Crippen LogP contribution >= 0.6 is 11.8 Å². The lowest BCUT2D eigenvalue weighted by atomic mass is 10.5. The van der Waals surface area contributed by atoms with E-state index in [1.807, 2.05) is 6.92 Å². The van der Waals surface area contributed by atoms with Crippen LogP contribution in [0.3, 0.4) is 0 Å². The highest BCUT2D eigenvalue weighted by molar-refractivity contribution is 7.98. The molecule has 0 aromatic carbocycles. The Morgan fingerprint density at radius 1 is 1.50 bits per heavy atom. The molecule has 0 saturated carbocycles. The molecule has 16 heavy (non-hydrogen) atoms. The van der Waals surface area contributed by atoms with Crippen molar-refractivity contribution in [1.29, 1.82) is 0 Å². The molecule has 0 aliphatic rings. The van der Waals surface area contributed by atoms with Gasteiger partial charge in [0.25, 0.3) is 0 Å². The second kappa shape index (κ2) is 4.52. The highest BCUT2D eigenvalue weighted by Crippen LogP contribution is 2.17. The SMILES string of the molecule is CCc1noc(CSc2nc(=O)[nH]n2C)n1. The molecule has 2 aromatic rings. The second-order valence-corrected chi connectivity index (χ2v) is 4.06. The first-order valence-corrected chi connectivity index (χ1v) is 5.75. The van der Waals surface area contributed by atoms with Gasteiger partial charge in [-0.05, 0) is 0 Å². The Kier molecular flexibility index (Phi) is 3.09. The maximum absolute atomic E-state index is 10.9. The van der Waals surface area contributed by atoms with Crippen LogP contribution in [-0.2, 0) is 19.2 Å². The van der Waals surface area contributed by atoms with E-state index in [4.69, 9.17) is 4.52 Å². The van der Waals surface area contributed by atoms with Crippen molar-refractivity contribution in [1.82, 2.24) is 24.9 Å². The molecule has 0 unspecified atom stereocenters. The van der Waals surface area contributed by atoms with Crippen LogP contribution in [0.5, 0.6) is 0 Å². The number of aryl methyl sites for hydroxylation is 2. The number of H-pyrrole nitrogens is 1. The van der Waals surface area contributed by atoms with E-state index in [0.29, 0.717) is 22.6 Å². The Bertz CT molecular complexity index is 529. The molecule has 1 N–H and O–H groups in total. The van der Waals surface area contributed by atoms with Gasteiger partial charge in [0.15, 0.2) is 11.0 Å². The lowest BCUT2D eigenvalue weighted by Gasteiger charge is -1.95. The maximum Gasteiger partial charge on any atom is 0.362 e. The average Bonchev–Trinajstić information content (AvgIpc) is 2.82. The van der Waals surface area contributed by atoms with Crippen molar-refractivity contribution in [3.05, 3.63) is 22.2 Å². The highest BCUT2D eigenvalue weighted by Gasteiger charge is 2.08. The average molecular weight is 241 g/mol. The molecule has 0 bridgehead atoms. The largest absolute Gasteiger partial charge is 0.362 e. The van der Waals surface area contributed by atoms with E-state index < -0.39 is 0 Å². The summed E-state index contributed by atoms with van der Waals surface area (Å²) in [4.78, 5) is 18.9. The smallest absolute Gasteiger partial charge is 0.338 e. The summed E-state index contributed by atoms with van der Waals surface area (Å²) in [6, 6.07) is 0. The van der Waals surface area contributed by atoms with Crippen LogP contribution < -0.4 is 5.69 Å². The molecule has 8 heteroatoms. The van der Waals surface area contributed by atoms with Crippen molar-refractivity contribution < 1.29 is 4.52 Å². The first kappa shape index (κ1) is 10.9. The lowest BCUT2D eigenvalue weighted by Crippen LogP contribution is -2.03. The Labute approximate surface area is 95.2 Å². The predicted molar refractivity (Wildman–Crippen MR) is 57.1 cm³/mol. The van der Waals surface area contributed by atoms with Crippen molar-refractivity contribution in [3.63, 3.8) is 0 Å². The van der Waals surface area contributed by atoms with Gasteiger partial charge in [0.05, 0.1) is 5.75 Å². The summed E-state index contributed by atoms with van der Waals surface area (Å²) in [5.41, 5.74) is -0.357. The molecule has 7 nitrogen and oxygen atoms in total. The van der Waals surface area contributed by atoms with E-state index >= 15 is 0 Å². The first-order valence-electron chi connectivity index (χ1n) is 4.76. The van der Waals surface area contributed by atoms with Gasteiger partial charge in [-0.25, -0.2) is 9.89 Å². The zero-order chi connectivity index (χ0) is 11.5. The van der Waals surface area contributed by atoms with Gasteiger partial charge in [0.1, 0.15) is 0 Å². The standard InChI is InChI=1S/C8H11N5O2S/c1-3-5-9-6(15-12-5)4-16-8-10-7(14)11-13(8)2/h3-4H2,1-2H3,(H,11,14). The monoisotopic (exact) mass is 241 g/mol. The third-order valence-electron chi connectivity index (χ3n) is 1.90. The summed E-state index contributed by atoms with van der Waals surface area (Å²) >= 11 is 1.37. The molecular formula is C8H11N5O2S. The van der Waals surface area contributed by atoms with Gasteiger partial charge in [-0.2, -0.15) is 9.97 Å². The Morgan fingerprint density at radius 3 is 2.88 bits per heavy atom. The summed E-state index contributed by atoms with van der Waals surface area (Å²) < 4.78 is 6.58. The minimum Gasteiger partial charge on any atom is -0.338 e. The topological polar surface area (TPSA) is 89.6 Å². The van der Waals surface area contributed by atoms with Crippen LogP contribution in [0.15, 0.2) is 14.5 Å². The van der Waals surface area contributed by atoms with Crippen LogP contribution in [-0.4, -0.2) is 24.9 Å². The van der Waals surface area contributed by atoms with E-state index in [9.17, 15) is 4.79 Å². The highest BCUT2D eigenvalue weighted by atomic mass is 32.2. The number of nitrogens with zero attached hydrogens (tertiary/aromatic N) is 4. The molecule has 0 spiro atoms. The van der Waals surface area contributed by atoms with Gasteiger partial charge in [0.2, 0.25) is 5.89 Å². The summed E-state index contributed by atoms with van der Waals surface area (Å²) in [6.45, 7) is 1.96. The van der Waals surface area contributed by atoms with E-state index in [2.05, 4.69) is 20.2 Å². The summed E-state index contributed by atoms with van der Waals surface area (Å²) in [5.74, 6) is 1.73. The molecule has 2 heterocycles. The molecule has 0 radical (unpaired) electrons. The van der Waals surface area contributed by atoms with E-state index in [1.165, 1.54) is 11.8 Å². The fourth-order valence-corrected chi connectivity index (χ4v) is 1.88. The van der Waals surface area contributed by atoms with Crippen molar-refractivity contribution in [2.75, 3.05) is 0 Å². The van der Waals surface area contributed by atoms with Gasteiger partial charge in [-0.1, -0.05) is 23.8 Å². The Morgan fingerprint density at radius 2 is 2.31 bits per heavy atom. The van der Waals surface area contributed by atoms with E-state index in [0.717, 1.165) is 6.42 Å². The first-order chi connectivity index (χ1) is 7.69. The quantitative estimate of drug-likeness (QED) is 0.777. The molecule has 0 aliphatic carbocycles. The fraction of sp³-hybridized carbons (Fsp3) is 0.500. The Balaban J connectivity index is 2.01. The molecular weight excluding hydrogens is 230 g/mol. The number of hydrogen-bond acceptors (Lipinski definition) is 6. The van der Waals surface area contributed by atoms with Crippen molar-refractivity contribution in [2.24, 2.45) is 7.05 Å². The number of thioether (sulfide) groups is 1. The van der Waals surface area contributed by atoms with Crippen LogP contribution in [0.25, 0.3) is 0 Å². The molecule has 0 amide bonds. The number of nitrogens with one attached hydrogen (secondary N) is 1. The van der Waals surface area contributed by atoms with Gasteiger partial charge >= 0.3 is 5.69 Å². The van der Waals surface area contributed by atoms with Crippen LogP contribution in [0.1, 0.15) is 18.6 Å². The number of aromatic nitrogens is 5. The second-order valence-electron chi connectivity index (χ2n) is 3.12. The Hall–Kier alpha value is -1.57. The van der Waals surface area contributed by atoms with Crippen molar-refractivity contribution in [2.45, 2.75) is 24.3 Å². The van der Waals surface area contributed by atoms with Crippen molar-refractivity contribution in [3.8, 4) is 0 Å². The van der Waals surface area contributed by atoms with E-state index in [-0.39, 0.29) is 5.69 Å². The number of hydrogen-bond donors (Lipinski definition) is 1. The fourth-order valence-electron chi connectivity index (χ4n) is 1.13. The summed E-state index contributed by atoms with van der Waals surface area (Å²) in [7, 11) is 1.72. The van der Waals surface area contributed by atoms with Gasteiger partial charge in [0, 0.05) is 13.5 Å². The molecule has 0 atom stereocenters. The normalized spacial score (nSPS) is 10.9. The molecule has 0 aliphatic heterocycles. The van der Waals surface area contributed by atoms with E-state index in [1.54, 1.807) is 11.7 Å². The zero-order valence-electron chi connectivity index (χ0n) is 8.93. The molecule has 2 aromatic heterocycles. The maximum atomic E-state index is 10.9. The minimum absolute atomic E-state index is 0.357. The number of rotatable bonds is 4. The zero-order valence-corrected chi connectivity index (χ0v) is 9.74. The third-order valence-corrected chi connectivity index (χ3v) is 2.91. The molecule has 0 fully saturated rings. The summed E-state index contributed by atoms with van der Waals surface area (Å²) in [5, 5.41) is 6.90. The lowest BCUT2D eigenvalue weighted by molar-refractivity contribution is 0.385. The molecule has 86 valence electrons. The van der Waals surface area contributed by atoms with Crippen molar-refractivity contribution >= 4 is 11.8 Å². The van der Waals surface area contributed by atoms with Gasteiger partial charge in [-0.3, -0.25) is 4.68 Å². The summed E-state index contributed by atoms with van der Waals surface area (Å²) in [6.07, 6.45) is 0.745. The third kappa shape index (κ3) is 2.32. The number of aromatic amines is 1. The molecule has 2 rings (SSSR count). The predicted octanol–water partition coefficient (Wildman–Crippen LogP) is 0.346. The van der Waals surface area contributed by atoms with Gasteiger partial charge in [-0.15, -0.1) is 0 Å². The molecule has 0 saturated heterocycles. The van der Waals surface area contributed by atoms with Crippen LogP contribution in [0.2, 0.25) is 0 Å². The minimum atomic E-state index is -0.357. The van der Waals surface area contributed by atoms with Gasteiger partial charge < -0.3 is 4.52 Å². The van der Waals surface area contributed by atoms with Crippen LogP contribution in [0.4, 0.5) is 0 Å². The van der Waals surface area contributed by atoms with Crippen LogP contribution in [0, 0.1) is 0 Å².